The predicted molar refractivity (Wildman–Crippen MR) is 82.4 cm³/mol. The van der Waals surface area contributed by atoms with Crippen molar-refractivity contribution in [1.82, 2.24) is 0 Å². The predicted octanol–water partition coefficient (Wildman–Crippen LogP) is 1.41. The first kappa shape index (κ1) is 19.3. The molecule has 7 nitrogen and oxygen atoms in total. The van der Waals surface area contributed by atoms with E-state index >= 15 is 0 Å². The summed E-state index contributed by atoms with van der Waals surface area (Å²) in [7, 11) is 2.32. The molecule has 0 fully saturated rings. The van der Waals surface area contributed by atoms with Crippen LogP contribution in [0.4, 0.5) is 0 Å². The van der Waals surface area contributed by atoms with Crippen LogP contribution in [0, 0.1) is 17.2 Å². The van der Waals surface area contributed by atoms with Crippen molar-refractivity contribution in [3.05, 3.63) is 35.9 Å². The van der Waals surface area contributed by atoms with Gasteiger partial charge in [0, 0.05) is 6.42 Å². The van der Waals surface area contributed by atoms with Crippen LogP contribution in [0.15, 0.2) is 30.3 Å². The Morgan fingerprint density at radius 3 is 2.29 bits per heavy atom. The maximum Gasteiger partial charge on any atom is 0.330 e. The molecule has 2 atom stereocenters. The van der Waals surface area contributed by atoms with Gasteiger partial charge in [0.05, 0.1) is 39.4 Å². The van der Waals surface area contributed by atoms with E-state index in [2.05, 4.69) is 9.47 Å². The lowest BCUT2D eigenvalue weighted by molar-refractivity contribution is -0.148. The molecule has 0 aliphatic heterocycles. The second-order valence-electron chi connectivity index (χ2n) is 4.95. The van der Waals surface area contributed by atoms with Crippen LogP contribution < -0.4 is 0 Å². The molecule has 0 saturated heterocycles. The van der Waals surface area contributed by atoms with Crippen LogP contribution in [0.5, 0.6) is 0 Å². The van der Waals surface area contributed by atoms with Gasteiger partial charge in [0.2, 0.25) is 5.92 Å². The summed E-state index contributed by atoms with van der Waals surface area (Å²) in [5.41, 5.74) is 0.865. The lowest BCUT2D eigenvalue weighted by Gasteiger charge is -2.17. The third kappa shape index (κ3) is 6.18. The number of methoxy groups -OCH3 is 2. The number of ether oxygens (including phenoxy) is 3. The molecule has 0 aliphatic rings. The summed E-state index contributed by atoms with van der Waals surface area (Å²) >= 11 is 0. The Morgan fingerprint density at radius 2 is 1.75 bits per heavy atom. The molecule has 0 aromatic heterocycles. The van der Waals surface area contributed by atoms with Crippen LogP contribution in [0.1, 0.15) is 18.4 Å². The van der Waals surface area contributed by atoms with Crippen molar-refractivity contribution in [3.63, 3.8) is 0 Å². The van der Waals surface area contributed by atoms with Gasteiger partial charge in [-0.15, -0.1) is 0 Å². The van der Waals surface area contributed by atoms with Gasteiger partial charge in [0.15, 0.2) is 5.78 Å². The molecule has 0 spiro atoms. The molecule has 0 aliphatic carbocycles. The fraction of sp³-hybridized carbons (Fsp3) is 0.412. The Kier molecular flexibility index (Phi) is 8.16. The molecule has 128 valence electrons. The van der Waals surface area contributed by atoms with Gasteiger partial charge < -0.3 is 14.2 Å². The van der Waals surface area contributed by atoms with Crippen molar-refractivity contribution in [2.24, 2.45) is 5.92 Å². The van der Waals surface area contributed by atoms with Gasteiger partial charge in [-0.3, -0.25) is 14.4 Å². The van der Waals surface area contributed by atoms with Crippen molar-refractivity contribution in [1.29, 1.82) is 5.26 Å². The summed E-state index contributed by atoms with van der Waals surface area (Å²) in [6.07, 6.45) is -1.23. The molecule has 0 heterocycles. The van der Waals surface area contributed by atoms with E-state index in [0.717, 1.165) is 12.7 Å². The maximum atomic E-state index is 12.1. The molecule has 1 aromatic carbocycles. The molecule has 0 radical (unpaired) electrons. The van der Waals surface area contributed by atoms with Gasteiger partial charge in [-0.1, -0.05) is 30.3 Å². The number of Topliss-reactive ketones (excluding diaryl/α,β-unsaturated/α-hetero) is 1. The van der Waals surface area contributed by atoms with E-state index in [9.17, 15) is 14.4 Å². The molecular weight excluding hydrogens is 314 g/mol. The number of hydrogen-bond donors (Lipinski definition) is 0. The minimum atomic E-state index is -1.53. The number of benzene rings is 1. The van der Waals surface area contributed by atoms with Crippen molar-refractivity contribution >= 4 is 17.7 Å². The van der Waals surface area contributed by atoms with Gasteiger partial charge in [0.1, 0.15) is 0 Å². The van der Waals surface area contributed by atoms with E-state index in [1.165, 1.54) is 7.11 Å². The van der Waals surface area contributed by atoms with Gasteiger partial charge in [-0.05, 0) is 5.56 Å². The molecular formula is C17H19NO6. The molecule has 2 unspecified atom stereocenters. The molecule has 0 saturated carbocycles. The highest BCUT2D eigenvalue weighted by Gasteiger charge is 2.30. The van der Waals surface area contributed by atoms with E-state index in [-0.39, 0.29) is 19.4 Å². The number of carbonyl (C=O) groups excluding carboxylic acids is 3. The molecule has 0 bridgehead atoms. The summed E-state index contributed by atoms with van der Waals surface area (Å²) in [6, 6.07) is 10.8. The average molecular weight is 333 g/mol. The SMILES string of the molecule is COC(=O)CC(CC(=O)C(C#N)C(=O)OC)OCc1ccccc1. The fourth-order valence-electron chi connectivity index (χ4n) is 1.96. The topological polar surface area (TPSA) is 103 Å². The number of nitriles is 1. The molecule has 1 rings (SSSR count). The van der Waals surface area contributed by atoms with E-state index in [1.54, 1.807) is 6.07 Å². The number of nitrogens with zero attached hydrogens (tertiary/aromatic N) is 1. The number of esters is 2. The first-order valence-corrected chi connectivity index (χ1v) is 7.24. The minimum absolute atomic E-state index is 0.158. The van der Waals surface area contributed by atoms with Crippen molar-refractivity contribution in [3.8, 4) is 6.07 Å². The normalized spacial score (nSPS) is 12.5. The van der Waals surface area contributed by atoms with E-state index in [1.807, 2.05) is 30.3 Å². The molecule has 0 amide bonds. The summed E-state index contributed by atoms with van der Waals surface area (Å²) in [4.78, 5) is 35.0. The highest BCUT2D eigenvalue weighted by atomic mass is 16.5. The Bertz CT molecular complexity index is 607. The third-order valence-corrected chi connectivity index (χ3v) is 3.27. The van der Waals surface area contributed by atoms with Crippen LogP contribution in [0.3, 0.4) is 0 Å². The van der Waals surface area contributed by atoms with Crippen molar-refractivity contribution < 1.29 is 28.6 Å². The van der Waals surface area contributed by atoms with E-state index < -0.39 is 29.7 Å². The number of rotatable bonds is 9. The molecule has 1 aromatic rings. The number of ketones is 1. The monoisotopic (exact) mass is 333 g/mol. The second kappa shape index (κ2) is 10.1. The molecule has 0 N–H and O–H groups in total. The van der Waals surface area contributed by atoms with Crippen LogP contribution in [0.2, 0.25) is 0 Å². The van der Waals surface area contributed by atoms with E-state index in [0.29, 0.717) is 0 Å². The summed E-state index contributed by atoms with van der Waals surface area (Å²) in [5.74, 6) is -3.67. The standard InChI is InChI=1S/C17H19NO6/c1-22-16(20)9-13(24-11-12-6-4-3-5-7-12)8-15(19)14(10-18)17(21)23-2/h3-7,13-14H,8-9,11H2,1-2H3. The molecule has 24 heavy (non-hydrogen) atoms. The van der Waals surface area contributed by atoms with Crippen molar-refractivity contribution in [2.45, 2.75) is 25.6 Å². The van der Waals surface area contributed by atoms with Crippen LogP contribution in [0.25, 0.3) is 0 Å². The summed E-state index contributed by atoms with van der Waals surface area (Å²) in [6.45, 7) is 0.186. The largest absolute Gasteiger partial charge is 0.469 e. The summed E-state index contributed by atoms with van der Waals surface area (Å²) in [5, 5.41) is 8.94. The van der Waals surface area contributed by atoms with Gasteiger partial charge in [-0.25, -0.2) is 0 Å². The zero-order valence-electron chi connectivity index (χ0n) is 13.6. The smallest absolute Gasteiger partial charge is 0.330 e. The Balaban J connectivity index is 2.74. The highest BCUT2D eigenvalue weighted by molar-refractivity contribution is 6.01. The Hall–Kier alpha value is -2.72. The van der Waals surface area contributed by atoms with Gasteiger partial charge in [0.25, 0.3) is 0 Å². The highest BCUT2D eigenvalue weighted by Crippen LogP contribution is 2.14. The average Bonchev–Trinajstić information content (AvgIpc) is 2.60. The third-order valence-electron chi connectivity index (χ3n) is 3.27. The second-order valence-corrected chi connectivity index (χ2v) is 4.95. The maximum absolute atomic E-state index is 12.1. The van der Waals surface area contributed by atoms with Crippen LogP contribution in [-0.2, 0) is 35.2 Å². The first-order valence-electron chi connectivity index (χ1n) is 7.24. The zero-order valence-corrected chi connectivity index (χ0v) is 13.6. The van der Waals surface area contributed by atoms with E-state index in [4.69, 9.17) is 10.00 Å². The van der Waals surface area contributed by atoms with Crippen LogP contribution in [-0.4, -0.2) is 38.0 Å². The number of hydrogen-bond acceptors (Lipinski definition) is 7. The summed E-state index contributed by atoms with van der Waals surface area (Å²) < 4.78 is 14.6. The Morgan fingerprint density at radius 1 is 1.08 bits per heavy atom. The quantitative estimate of drug-likeness (QED) is 0.497. The molecule has 7 heteroatoms. The Labute approximate surface area is 140 Å². The lowest BCUT2D eigenvalue weighted by atomic mass is 9.99. The van der Waals surface area contributed by atoms with Crippen LogP contribution >= 0.6 is 0 Å². The van der Waals surface area contributed by atoms with Gasteiger partial charge >= 0.3 is 11.9 Å². The minimum Gasteiger partial charge on any atom is -0.469 e. The first-order chi connectivity index (χ1) is 11.5. The fourth-order valence-corrected chi connectivity index (χ4v) is 1.96. The number of carbonyl (C=O) groups is 3. The zero-order chi connectivity index (χ0) is 17.9. The van der Waals surface area contributed by atoms with Gasteiger partial charge in [-0.2, -0.15) is 5.26 Å². The lowest BCUT2D eigenvalue weighted by Crippen LogP contribution is -2.29. The van der Waals surface area contributed by atoms with Crippen molar-refractivity contribution in [2.75, 3.05) is 14.2 Å².